The van der Waals surface area contributed by atoms with E-state index in [9.17, 15) is 0 Å². The van der Waals surface area contributed by atoms with Crippen LogP contribution in [0.3, 0.4) is 0 Å². The summed E-state index contributed by atoms with van der Waals surface area (Å²) in [6, 6.07) is 13.7. The van der Waals surface area contributed by atoms with E-state index in [-0.39, 0.29) is 0 Å². The predicted octanol–water partition coefficient (Wildman–Crippen LogP) is 2.85. The molecule has 23 heavy (non-hydrogen) atoms. The molecular formula is C16H13N5OS. The number of hydrogen-bond donors (Lipinski definition) is 0. The fraction of sp³-hybridized carbons (Fsp3) is 0.125. The normalized spacial score (nSPS) is 11.0. The summed E-state index contributed by atoms with van der Waals surface area (Å²) < 4.78 is 6.93. The first-order valence-electron chi connectivity index (χ1n) is 7.09. The van der Waals surface area contributed by atoms with Gasteiger partial charge in [-0.1, -0.05) is 29.5 Å². The molecule has 0 fully saturated rings. The van der Waals surface area contributed by atoms with Crippen molar-refractivity contribution in [1.29, 1.82) is 0 Å². The third-order valence-corrected chi connectivity index (χ3v) is 4.34. The van der Waals surface area contributed by atoms with Gasteiger partial charge in [-0.25, -0.2) is 0 Å². The summed E-state index contributed by atoms with van der Waals surface area (Å²) in [6.07, 6.45) is 2.49. The number of nitrogens with zero attached hydrogens (tertiary/aromatic N) is 5. The number of ether oxygens (including phenoxy) is 1. The van der Waals surface area contributed by atoms with Crippen LogP contribution in [0.4, 0.5) is 0 Å². The van der Waals surface area contributed by atoms with Gasteiger partial charge in [-0.2, -0.15) is 9.61 Å². The van der Waals surface area contributed by atoms with E-state index in [1.165, 1.54) is 16.9 Å². The Morgan fingerprint density at radius 2 is 1.96 bits per heavy atom. The molecule has 0 unspecified atom stereocenters. The van der Waals surface area contributed by atoms with E-state index in [1.54, 1.807) is 17.8 Å². The molecule has 0 bridgehead atoms. The van der Waals surface area contributed by atoms with Gasteiger partial charge in [0.05, 0.1) is 7.11 Å². The molecule has 4 aromatic rings. The van der Waals surface area contributed by atoms with Gasteiger partial charge in [0.15, 0.2) is 0 Å². The monoisotopic (exact) mass is 323 g/mol. The number of pyridine rings is 1. The first kappa shape index (κ1) is 13.8. The average Bonchev–Trinajstić information content (AvgIpc) is 3.16. The molecule has 0 saturated heterocycles. The number of fused-ring (bicyclic) bond motifs is 1. The molecule has 0 aliphatic heterocycles. The Morgan fingerprint density at radius 3 is 2.70 bits per heavy atom. The van der Waals surface area contributed by atoms with Crippen molar-refractivity contribution in [2.24, 2.45) is 0 Å². The molecule has 0 spiro atoms. The number of rotatable bonds is 4. The second-order valence-corrected chi connectivity index (χ2v) is 5.99. The van der Waals surface area contributed by atoms with Crippen LogP contribution in [0.5, 0.6) is 5.75 Å². The number of methoxy groups -OCH3 is 1. The number of hydrogen-bond acceptors (Lipinski definition) is 6. The quantitative estimate of drug-likeness (QED) is 0.578. The molecule has 6 nitrogen and oxygen atoms in total. The van der Waals surface area contributed by atoms with Crippen molar-refractivity contribution in [1.82, 2.24) is 24.8 Å². The van der Waals surface area contributed by atoms with Crippen LogP contribution in [0.1, 0.15) is 10.6 Å². The van der Waals surface area contributed by atoms with Crippen molar-refractivity contribution < 1.29 is 4.74 Å². The Hall–Kier alpha value is -2.80. The highest BCUT2D eigenvalue weighted by molar-refractivity contribution is 7.16. The number of benzene rings is 1. The van der Waals surface area contributed by atoms with Crippen LogP contribution >= 0.6 is 11.3 Å². The molecule has 0 amide bonds. The van der Waals surface area contributed by atoms with Crippen molar-refractivity contribution in [3.8, 4) is 17.3 Å². The molecule has 3 aromatic heterocycles. The molecule has 0 N–H and O–H groups in total. The third-order valence-electron chi connectivity index (χ3n) is 3.44. The highest BCUT2D eigenvalue weighted by Gasteiger charge is 2.14. The van der Waals surface area contributed by atoms with Crippen LogP contribution in [-0.4, -0.2) is 31.9 Å². The molecule has 0 aliphatic carbocycles. The molecule has 0 atom stereocenters. The van der Waals surface area contributed by atoms with Gasteiger partial charge in [0.1, 0.15) is 16.5 Å². The van der Waals surface area contributed by atoms with Gasteiger partial charge in [0, 0.05) is 12.6 Å². The summed E-state index contributed by atoms with van der Waals surface area (Å²) in [6.45, 7) is 0. The van der Waals surface area contributed by atoms with Crippen LogP contribution in [0.15, 0.2) is 48.7 Å². The van der Waals surface area contributed by atoms with Crippen molar-refractivity contribution in [3.63, 3.8) is 0 Å². The largest absolute Gasteiger partial charge is 0.497 e. The van der Waals surface area contributed by atoms with Crippen molar-refractivity contribution in [2.45, 2.75) is 6.42 Å². The minimum absolute atomic E-state index is 0.665. The Balaban J connectivity index is 1.65. The van der Waals surface area contributed by atoms with Gasteiger partial charge in [0.25, 0.3) is 0 Å². The van der Waals surface area contributed by atoms with Gasteiger partial charge in [-0.3, -0.25) is 4.98 Å². The smallest absolute Gasteiger partial charge is 0.235 e. The van der Waals surface area contributed by atoms with Crippen LogP contribution in [0, 0.1) is 0 Å². The fourth-order valence-corrected chi connectivity index (χ4v) is 3.17. The van der Waals surface area contributed by atoms with E-state index in [2.05, 4.69) is 20.3 Å². The lowest BCUT2D eigenvalue weighted by atomic mass is 10.1. The van der Waals surface area contributed by atoms with Gasteiger partial charge < -0.3 is 4.74 Å². The van der Waals surface area contributed by atoms with Gasteiger partial charge in [-0.15, -0.1) is 10.2 Å². The zero-order valence-corrected chi connectivity index (χ0v) is 13.2. The zero-order chi connectivity index (χ0) is 15.6. The Bertz CT molecular complexity index is 930. The lowest BCUT2D eigenvalue weighted by Gasteiger charge is -2.01. The molecule has 114 valence electrons. The van der Waals surface area contributed by atoms with Gasteiger partial charge >= 0.3 is 0 Å². The molecule has 3 heterocycles. The summed E-state index contributed by atoms with van der Waals surface area (Å²) >= 11 is 1.54. The maximum atomic E-state index is 5.18. The highest BCUT2D eigenvalue weighted by atomic mass is 32.1. The minimum atomic E-state index is 0.665. The molecular weight excluding hydrogens is 310 g/mol. The Labute approximate surface area is 136 Å². The summed E-state index contributed by atoms with van der Waals surface area (Å²) in [4.78, 5) is 5.08. The molecule has 0 radical (unpaired) electrons. The predicted molar refractivity (Wildman–Crippen MR) is 87.7 cm³/mol. The molecule has 7 heteroatoms. The molecule has 0 saturated carbocycles. The van der Waals surface area contributed by atoms with Crippen LogP contribution in [0.2, 0.25) is 0 Å². The lowest BCUT2D eigenvalue weighted by Crippen LogP contribution is -1.95. The van der Waals surface area contributed by atoms with Crippen molar-refractivity contribution >= 4 is 16.3 Å². The molecule has 4 rings (SSSR count). The van der Waals surface area contributed by atoms with E-state index in [0.717, 1.165) is 27.8 Å². The average molecular weight is 323 g/mol. The minimum Gasteiger partial charge on any atom is -0.497 e. The topological polar surface area (TPSA) is 65.2 Å². The highest BCUT2D eigenvalue weighted by Crippen LogP contribution is 2.22. The van der Waals surface area contributed by atoms with Crippen molar-refractivity contribution in [2.75, 3.05) is 7.11 Å². The summed E-state index contributed by atoms with van der Waals surface area (Å²) in [5.41, 5.74) is 1.94. The van der Waals surface area contributed by atoms with E-state index in [0.29, 0.717) is 5.82 Å². The summed E-state index contributed by atoms with van der Waals surface area (Å²) in [5.74, 6) is 1.52. The van der Waals surface area contributed by atoms with E-state index in [1.807, 2.05) is 42.5 Å². The first-order valence-corrected chi connectivity index (χ1v) is 7.90. The summed E-state index contributed by atoms with van der Waals surface area (Å²) in [5, 5.41) is 14.0. The second kappa shape index (κ2) is 5.77. The Kier molecular flexibility index (Phi) is 3.47. The van der Waals surface area contributed by atoms with Gasteiger partial charge in [-0.05, 0) is 29.8 Å². The fourth-order valence-electron chi connectivity index (χ4n) is 2.30. The van der Waals surface area contributed by atoms with Crippen LogP contribution in [-0.2, 0) is 6.42 Å². The SMILES string of the molecule is COc1ccc(Cc2nn3c(-c4ccccn4)nnc3s2)cc1. The van der Waals surface area contributed by atoms with E-state index < -0.39 is 0 Å². The third kappa shape index (κ3) is 2.66. The van der Waals surface area contributed by atoms with Crippen molar-refractivity contribution in [3.05, 3.63) is 59.2 Å². The van der Waals surface area contributed by atoms with Crippen LogP contribution in [0.25, 0.3) is 16.5 Å². The zero-order valence-electron chi connectivity index (χ0n) is 12.4. The van der Waals surface area contributed by atoms with E-state index >= 15 is 0 Å². The van der Waals surface area contributed by atoms with Gasteiger partial charge in [0.2, 0.25) is 10.8 Å². The van der Waals surface area contributed by atoms with Crippen LogP contribution < -0.4 is 4.74 Å². The Morgan fingerprint density at radius 1 is 1.09 bits per heavy atom. The summed E-state index contributed by atoms with van der Waals surface area (Å²) in [7, 11) is 1.66. The second-order valence-electron chi connectivity index (χ2n) is 4.95. The first-order chi connectivity index (χ1) is 11.3. The maximum absolute atomic E-state index is 5.18. The maximum Gasteiger partial charge on any atom is 0.235 e. The number of aromatic nitrogens is 5. The molecule has 0 aliphatic rings. The molecule has 1 aromatic carbocycles. The van der Waals surface area contributed by atoms with E-state index in [4.69, 9.17) is 4.74 Å². The lowest BCUT2D eigenvalue weighted by molar-refractivity contribution is 0.414. The standard InChI is InChI=1S/C16H13N5OS/c1-22-12-7-5-11(6-8-12)10-14-20-21-15(18-19-16(21)23-14)13-4-2-3-9-17-13/h2-9H,10H2,1H3.